The van der Waals surface area contributed by atoms with Crippen LogP contribution in [0, 0.1) is 5.75 Å². The molecule has 0 fully saturated rings. The molecule has 1 radical (unpaired) electrons. The Kier molecular flexibility index (Phi) is 17.7. The van der Waals surface area contributed by atoms with Gasteiger partial charge in [-0.1, -0.05) is 84.5 Å². The van der Waals surface area contributed by atoms with Crippen LogP contribution in [0.15, 0.2) is 0 Å². The summed E-state index contributed by atoms with van der Waals surface area (Å²) >= 11 is 2.06. The number of thioether (sulfide) groups is 1. The molecular formula is C17H35S. The van der Waals surface area contributed by atoms with Gasteiger partial charge in [0.25, 0.3) is 0 Å². The van der Waals surface area contributed by atoms with Crippen LogP contribution in [0.25, 0.3) is 0 Å². The van der Waals surface area contributed by atoms with E-state index in [2.05, 4.69) is 31.4 Å². The van der Waals surface area contributed by atoms with E-state index in [-0.39, 0.29) is 0 Å². The van der Waals surface area contributed by atoms with E-state index < -0.39 is 0 Å². The van der Waals surface area contributed by atoms with Gasteiger partial charge in [0.05, 0.1) is 0 Å². The van der Waals surface area contributed by atoms with Crippen molar-refractivity contribution >= 4 is 11.8 Å². The molecule has 0 aliphatic heterocycles. The minimum absolute atomic E-state index is 1.33. The molecule has 0 aromatic heterocycles. The van der Waals surface area contributed by atoms with Crippen LogP contribution in [0.2, 0.25) is 0 Å². The van der Waals surface area contributed by atoms with E-state index in [0.717, 1.165) is 0 Å². The minimum atomic E-state index is 1.33. The highest BCUT2D eigenvalue weighted by atomic mass is 32.2. The van der Waals surface area contributed by atoms with Gasteiger partial charge in [-0.05, 0) is 18.6 Å². The number of hydrogen-bond acceptors (Lipinski definition) is 1. The Hall–Kier alpha value is 0.350. The van der Waals surface area contributed by atoms with Gasteiger partial charge in [-0.15, -0.1) is 0 Å². The molecule has 0 spiro atoms. The lowest BCUT2D eigenvalue weighted by Crippen LogP contribution is -1.83. The molecule has 0 bridgehead atoms. The van der Waals surface area contributed by atoms with Gasteiger partial charge in [0.15, 0.2) is 0 Å². The van der Waals surface area contributed by atoms with E-state index in [1.165, 1.54) is 89.2 Å². The summed E-state index contributed by atoms with van der Waals surface area (Å²) in [6, 6.07) is 0. The van der Waals surface area contributed by atoms with Crippen molar-refractivity contribution in [3.8, 4) is 0 Å². The largest absolute Gasteiger partial charge is 0.157 e. The van der Waals surface area contributed by atoms with Crippen LogP contribution in [0.5, 0.6) is 0 Å². The average Bonchev–Trinajstić information content (AvgIpc) is 2.39. The molecule has 0 saturated heterocycles. The number of unbranched alkanes of at least 4 members (excludes halogenated alkanes) is 11. The molecule has 0 nitrogen and oxygen atoms in total. The molecule has 0 aliphatic carbocycles. The number of hydrogen-bond donors (Lipinski definition) is 0. The van der Waals surface area contributed by atoms with Crippen LogP contribution in [0.4, 0.5) is 0 Å². The topological polar surface area (TPSA) is 0 Å². The van der Waals surface area contributed by atoms with Crippen LogP contribution in [-0.2, 0) is 0 Å². The third kappa shape index (κ3) is 16.4. The summed E-state index contributed by atoms with van der Waals surface area (Å²) in [6.45, 7) is 4.57. The summed E-state index contributed by atoms with van der Waals surface area (Å²) in [5.74, 6) is 3.80. The van der Waals surface area contributed by atoms with Crippen LogP contribution < -0.4 is 0 Å². The Morgan fingerprint density at radius 1 is 0.611 bits per heavy atom. The molecule has 0 aliphatic rings. The quantitative estimate of drug-likeness (QED) is 0.289. The molecule has 0 atom stereocenters. The standard InChI is InChI=1S/C17H35S/c1-3-5-7-9-11-13-15-17-18-16-14-12-10-8-6-4-2/h17H,3-16H2,1-2H3. The fourth-order valence-corrected chi connectivity index (χ4v) is 3.01. The summed E-state index contributed by atoms with van der Waals surface area (Å²) in [5, 5.41) is 0. The molecule has 0 N–H and O–H groups in total. The molecule has 0 aromatic rings. The second-order valence-electron chi connectivity index (χ2n) is 5.36. The normalized spacial score (nSPS) is 11.0. The zero-order valence-electron chi connectivity index (χ0n) is 12.9. The highest BCUT2D eigenvalue weighted by Crippen LogP contribution is 2.16. The van der Waals surface area contributed by atoms with E-state index in [9.17, 15) is 0 Å². The second kappa shape index (κ2) is 17.4. The summed E-state index contributed by atoms with van der Waals surface area (Å²) in [7, 11) is 0. The zero-order chi connectivity index (χ0) is 13.3. The van der Waals surface area contributed by atoms with Crippen molar-refractivity contribution in [3.63, 3.8) is 0 Å². The third-order valence-electron chi connectivity index (χ3n) is 3.41. The lowest BCUT2D eigenvalue weighted by Gasteiger charge is -2.02. The molecule has 1 heteroatoms. The molecule has 0 amide bonds. The van der Waals surface area contributed by atoms with Gasteiger partial charge in [-0.3, -0.25) is 0 Å². The van der Waals surface area contributed by atoms with E-state index in [4.69, 9.17) is 0 Å². The van der Waals surface area contributed by atoms with Gasteiger partial charge in [-0.25, -0.2) is 0 Å². The Morgan fingerprint density at radius 3 is 1.72 bits per heavy atom. The van der Waals surface area contributed by atoms with Crippen LogP contribution in [0.1, 0.15) is 97.3 Å². The maximum Gasteiger partial charge on any atom is 0.0166 e. The van der Waals surface area contributed by atoms with Crippen LogP contribution >= 0.6 is 11.8 Å². The summed E-state index contributed by atoms with van der Waals surface area (Å²) in [6.07, 6.45) is 18.4. The predicted octanol–water partition coefficient (Wildman–Crippen LogP) is 6.99. The first-order chi connectivity index (χ1) is 8.91. The summed E-state index contributed by atoms with van der Waals surface area (Å²) in [4.78, 5) is 0. The first-order valence-electron chi connectivity index (χ1n) is 8.35. The third-order valence-corrected chi connectivity index (χ3v) is 4.40. The Bertz CT molecular complexity index is 118. The molecule has 0 rings (SSSR count). The molecule has 0 heterocycles. The van der Waals surface area contributed by atoms with Gasteiger partial charge in [0, 0.05) is 5.75 Å². The van der Waals surface area contributed by atoms with Crippen molar-refractivity contribution in [3.05, 3.63) is 5.75 Å². The lowest BCUT2D eigenvalue weighted by molar-refractivity contribution is 0.609. The minimum Gasteiger partial charge on any atom is -0.157 e. The van der Waals surface area contributed by atoms with Gasteiger partial charge >= 0.3 is 0 Å². The van der Waals surface area contributed by atoms with Gasteiger partial charge < -0.3 is 0 Å². The maximum atomic E-state index is 2.45. The van der Waals surface area contributed by atoms with Crippen LogP contribution in [0.3, 0.4) is 0 Å². The predicted molar refractivity (Wildman–Crippen MR) is 88.1 cm³/mol. The van der Waals surface area contributed by atoms with Crippen molar-refractivity contribution in [2.75, 3.05) is 5.75 Å². The van der Waals surface area contributed by atoms with Crippen molar-refractivity contribution in [1.82, 2.24) is 0 Å². The van der Waals surface area contributed by atoms with Gasteiger partial charge in [-0.2, -0.15) is 11.8 Å². The first kappa shape index (κ1) is 18.4. The Morgan fingerprint density at radius 2 is 1.11 bits per heavy atom. The Balaban J connectivity index is 2.86. The van der Waals surface area contributed by atoms with E-state index in [0.29, 0.717) is 0 Å². The fourth-order valence-electron chi connectivity index (χ4n) is 2.14. The van der Waals surface area contributed by atoms with E-state index in [1.807, 2.05) is 0 Å². The SMILES string of the molecule is CCCCCCCC[CH]SCCCCCCCC. The molecule has 109 valence electrons. The monoisotopic (exact) mass is 271 g/mol. The van der Waals surface area contributed by atoms with Crippen molar-refractivity contribution in [2.45, 2.75) is 97.3 Å². The molecule has 0 unspecified atom stereocenters. The van der Waals surface area contributed by atoms with E-state index in [1.54, 1.807) is 0 Å². The van der Waals surface area contributed by atoms with Crippen molar-refractivity contribution < 1.29 is 0 Å². The smallest absolute Gasteiger partial charge is 0.0166 e. The first-order valence-corrected chi connectivity index (χ1v) is 9.40. The lowest BCUT2D eigenvalue weighted by atomic mass is 10.1. The van der Waals surface area contributed by atoms with E-state index >= 15 is 0 Å². The highest BCUT2D eigenvalue weighted by molar-refractivity contribution is 8.01. The Labute approximate surface area is 121 Å². The van der Waals surface area contributed by atoms with Crippen LogP contribution in [-0.4, -0.2) is 5.75 Å². The maximum absolute atomic E-state index is 2.45. The number of rotatable bonds is 15. The molecule has 0 aromatic carbocycles. The highest BCUT2D eigenvalue weighted by Gasteiger charge is 1.94. The van der Waals surface area contributed by atoms with Crippen molar-refractivity contribution in [2.24, 2.45) is 0 Å². The fraction of sp³-hybridized carbons (Fsp3) is 0.941. The summed E-state index contributed by atoms with van der Waals surface area (Å²) in [5.41, 5.74) is 0. The van der Waals surface area contributed by atoms with Gasteiger partial charge in [0.1, 0.15) is 0 Å². The molecular weight excluding hydrogens is 236 g/mol. The second-order valence-corrected chi connectivity index (χ2v) is 6.44. The molecule has 0 saturated carbocycles. The summed E-state index contributed by atoms with van der Waals surface area (Å²) < 4.78 is 0. The van der Waals surface area contributed by atoms with Crippen molar-refractivity contribution in [1.29, 1.82) is 0 Å². The zero-order valence-corrected chi connectivity index (χ0v) is 13.7. The molecule has 18 heavy (non-hydrogen) atoms. The van der Waals surface area contributed by atoms with Gasteiger partial charge in [0.2, 0.25) is 0 Å². The average molecular weight is 272 g/mol.